The fourth-order valence-corrected chi connectivity index (χ4v) is 2.27. The molecule has 0 amide bonds. The maximum Gasteiger partial charge on any atom is 0.125 e. The maximum atomic E-state index is 5.61. The summed E-state index contributed by atoms with van der Waals surface area (Å²) < 4.78 is 10.9. The van der Waals surface area contributed by atoms with E-state index >= 15 is 0 Å². The molecule has 0 aliphatic carbocycles. The third kappa shape index (κ3) is 3.71. The van der Waals surface area contributed by atoms with Crippen molar-refractivity contribution in [3.8, 4) is 0 Å². The molecule has 0 spiro atoms. The lowest BCUT2D eigenvalue weighted by molar-refractivity contribution is 0.141. The first-order valence-corrected chi connectivity index (χ1v) is 7.05. The van der Waals surface area contributed by atoms with Gasteiger partial charge in [0.25, 0.3) is 0 Å². The minimum atomic E-state index is 0.0498. The molecule has 0 aliphatic rings. The second kappa shape index (κ2) is 7.27. The van der Waals surface area contributed by atoms with Crippen LogP contribution >= 0.6 is 0 Å². The zero-order valence-electron chi connectivity index (χ0n) is 12.4. The SMILES string of the molecule is COCC(NC(c1ccccc1)c1ccco1)C(C)C. The van der Waals surface area contributed by atoms with Gasteiger partial charge in [-0.2, -0.15) is 0 Å². The molecular formula is C17H23NO2. The van der Waals surface area contributed by atoms with Gasteiger partial charge in [0.05, 0.1) is 18.9 Å². The number of nitrogens with one attached hydrogen (secondary N) is 1. The molecule has 1 heterocycles. The highest BCUT2D eigenvalue weighted by Gasteiger charge is 2.22. The lowest BCUT2D eigenvalue weighted by Gasteiger charge is -2.27. The van der Waals surface area contributed by atoms with Crippen LogP contribution in [-0.4, -0.2) is 19.8 Å². The Labute approximate surface area is 121 Å². The van der Waals surface area contributed by atoms with Gasteiger partial charge in [-0.25, -0.2) is 0 Å². The van der Waals surface area contributed by atoms with Crippen molar-refractivity contribution in [2.75, 3.05) is 13.7 Å². The molecule has 2 atom stereocenters. The Morgan fingerprint density at radius 1 is 1.10 bits per heavy atom. The van der Waals surface area contributed by atoms with E-state index in [4.69, 9.17) is 9.15 Å². The monoisotopic (exact) mass is 273 g/mol. The van der Waals surface area contributed by atoms with Crippen molar-refractivity contribution in [1.82, 2.24) is 5.32 Å². The van der Waals surface area contributed by atoms with Crippen LogP contribution in [0.5, 0.6) is 0 Å². The average Bonchev–Trinajstić information content (AvgIpc) is 2.98. The molecule has 1 N–H and O–H groups in total. The Morgan fingerprint density at radius 2 is 1.85 bits per heavy atom. The highest BCUT2D eigenvalue weighted by molar-refractivity contribution is 5.26. The van der Waals surface area contributed by atoms with Gasteiger partial charge in [0, 0.05) is 13.2 Å². The van der Waals surface area contributed by atoms with Crippen LogP contribution in [0.4, 0.5) is 0 Å². The molecule has 0 saturated heterocycles. The van der Waals surface area contributed by atoms with Crippen molar-refractivity contribution in [2.24, 2.45) is 5.92 Å². The van der Waals surface area contributed by atoms with Gasteiger partial charge in [-0.3, -0.25) is 5.32 Å². The molecule has 0 fully saturated rings. The number of hydrogen-bond acceptors (Lipinski definition) is 3. The minimum absolute atomic E-state index is 0.0498. The zero-order chi connectivity index (χ0) is 14.4. The van der Waals surface area contributed by atoms with Gasteiger partial charge in [-0.1, -0.05) is 44.2 Å². The summed E-state index contributed by atoms with van der Waals surface area (Å²) in [6.45, 7) is 5.07. The second-order valence-corrected chi connectivity index (χ2v) is 5.33. The summed E-state index contributed by atoms with van der Waals surface area (Å²) in [6.07, 6.45) is 1.72. The quantitative estimate of drug-likeness (QED) is 0.836. The summed E-state index contributed by atoms with van der Waals surface area (Å²) >= 11 is 0. The number of furan rings is 1. The summed E-state index contributed by atoms with van der Waals surface area (Å²) in [4.78, 5) is 0. The van der Waals surface area contributed by atoms with Crippen molar-refractivity contribution in [3.63, 3.8) is 0 Å². The normalized spacial score (nSPS) is 14.4. The predicted octanol–water partition coefficient (Wildman–Crippen LogP) is 3.63. The molecule has 0 aliphatic heterocycles. The molecule has 2 unspecified atom stereocenters. The molecule has 1 aromatic carbocycles. The molecule has 3 nitrogen and oxygen atoms in total. The molecule has 0 radical (unpaired) electrons. The first-order valence-electron chi connectivity index (χ1n) is 7.05. The van der Waals surface area contributed by atoms with E-state index in [0.717, 1.165) is 5.76 Å². The summed E-state index contributed by atoms with van der Waals surface area (Å²) in [7, 11) is 1.74. The van der Waals surface area contributed by atoms with Crippen LogP contribution < -0.4 is 5.32 Å². The summed E-state index contributed by atoms with van der Waals surface area (Å²) in [5.74, 6) is 1.41. The van der Waals surface area contributed by atoms with Gasteiger partial charge in [-0.15, -0.1) is 0 Å². The molecular weight excluding hydrogens is 250 g/mol. The van der Waals surface area contributed by atoms with Gasteiger partial charge in [-0.05, 0) is 23.6 Å². The number of rotatable bonds is 7. The lowest BCUT2D eigenvalue weighted by atomic mass is 9.99. The van der Waals surface area contributed by atoms with E-state index in [1.165, 1.54) is 5.56 Å². The maximum absolute atomic E-state index is 5.61. The zero-order valence-corrected chi connectivity index (χ0v) is 12.4. The minimum Gasteiger partial charge on any atom is -0.467 e. The highest BCUT2D eigenvalue weighted by atomic mass is 16.5. The number of hydrogen-bond donors (Lipinski definition) is 1. The number of ether oxygens (including phenoxy) is 1. The third-order valence-corrected chi connectivity index (χ3v) is 3.49. The van der Waals surface area contributed by atoms with Crippen molar-refractivity contribution in [2.45, 2.75) is 25.9 Å². The molecule has 3 heteroatoms. The third-order valence-electron chi connectivity index (χ3n) is 3.49. The van der Waals surface area contributed by atoms with E-state index in [9.17, 15) is 0 Å². The highest BCUT2D eigenvalue weighted by Crippen LogP contribution is 2.24. The topological polar surface area (TPSA) is 34.4 Å². The van der Waals surface area contributed by atoms with Crippen LogP contribution in [0.1, 0.15) is 31.2 Å². The van der Waals surface area contributed by atoms with E-state index < -0.39 is 0 Å². The van der Waals surface area contributed by atoms with Crippen LogP contribution in [0.15, 0.2) is 53.1 Å². The Morgan fingerprint density at radius 3 is 2.40 bits per heavy atom. The van der Waals surface area contributed by atoms with Crippen LogP contribution in [0.3, 0.4) is 0 Å². The first kappa shape index (κ1) is 14.8. The molecule has 1 aromatic heterocycles. The van der Waals surface area contributed by atoms with E-state index in [-0.39, 0.29) is 12.1 Å². The fourth-order valence-electron chi connectivity index (χ4n) is 2.27. The summed E-state index contributed by atoms with van der Waals surface area (Å²) in [5.41, 5.74) is 1.20. The van der Waals surface area contributed by atoms with Crippen molar-refractivity contribution in [3.05, 3.63) is 60.1 Å². The van der Waals surface area contributed by atoms with Crippen molar-refractivity contribution >= 4 is 0 Å². The van der Waals surface area contributed by atoms with E-state index in [1.54, 1.807) is 13.4 Å². The van der Waals surface area contributed by atoms with E-state index in [0.29, 0.717) is 12.5 Å². The molecule has 20 heavy (non-hydrogen) atoms. The van der Waals surface area contributed by atoms with Crippen LogP contribution in [0, 0.1) is 5.92 Å². The number of methoxy groups -OCH3 is 1. The first-order chi connectivity index (χ1) is 9.72. The Kier molecular flexibility index (Phi) is 5.39. The smallest absolute Gasteiger partial charge is 0.125 e. The van der Waals surface area contributed by atoms with Crippen LogP contribution in [0.2, 0.25) is 0 Å². The Balaban J connectivity index is 2.23. The van der Waals surface area contributed by atoms with E-state index in [2.05, 4.69) is 31.3 Å². The van der Waals surface area contributed by atoms with Crippen molar-refractivity contribution < 1.29 is 9.15 Å². The van der Waals surface area contributed by atoms with Gasteiger partial charge in [0.15, 0.2) is 0 Å². The van der Waals surface area contributed by atoms with Crippen molar-refractivity contribution in [1.29, 1.82) is 0 Å². The van der Waals surface area contributed by atoms with Gasteiger partial charge in [0.2, 0.25) is 0 Å². The molecule has 0 bridgehead atoms. The molecule has 2 rings (SSSR count). The predicted molar refractivity (Wildman–Crippen MR) is 80.6 cm³/mol. The lowest BCUT2D eigenvalue weighted by Crippen LogP contribution is -2.40. The average molecular weight is 273 g/mol. The molecule has 108 valence electrons. The van der Waals surface area contributed by atoms with Crippen LogP contribution in [0.25, 0.3) is 0 Å². The Bertz CT molecular complexity index is 479. The van der Waals surface area contributed by atoms with Gasteiger partial charge in [0.1, 0.15) is 5.76 Å². The summed E-state index contributed by atoms with van der Waals surface area (Å²) in [5, 5.41) is 3.65. The van der Waals surface area contributed by atoms with E-state index in [1.807, 2.05) is 30.3 Å². The van der Waals surface area contributed by atoms with Gasteiger partial charge < -0.3 is 9.15 Å². The fraction of sp³-hybridized carbons (Fsp3) is 0.412. The van der Waals surface area contributed by atoms with Crippen LogP contribution in [-0.2, 0) is 4.74 Å². The largest absolute Gasteiger partial charge is 0.467 e. The second-order valence-electron chi connectivity index (χ2n) is 5.33. The molecule has 0 saturated carbocycles. The summed E-state index contributed by atoms with van der Waals surface area (Å²) in [6, 6.07) is 14.6. The molecule has 2 aromatic rings. The Hall–Kier alpha value is -1.58. The van der Waals surface area contributed by atoms with Gasteiger partial charge >= 0.3 is 0 Å². The number of benzene rings is 1. The standard InChI is InChI=1S/C17H23NO2/c1-13(2)15(12-19-3)18-17(16-10-7-11-20-16)14-8-5-4-6-9-14/h4-11,13,15,17-18H,12H2,1-3H3.